The van der Waals surface area contributed by atoms with E-state index in [2.05, 4.69) is 74.5 Å². The summed E-state index contributed by atoms with van der Waals surface area (Å²) in [6.07, 6.45) is 2.35. The Hall–Kier alpha value is -0.860. The topological polar surface area (TPSA) is 0 Å². The molecule has 2 aromatic rings. The molecule has 0 unspecified atom stereocenters. The van der Waals surface area contributed by atoms with Crippen molar-refractivity contribution >= 4 is 21.6 Å². The van der Waals surface area contributed by atoms with E-state index in [9.17, 15) is 0 Å². The van der Waals surface area contributed by atoms with Gasteiger partial charge in [0.2, 0.25) is 0 Å². The molecule has 0 aliphatic carbocycles. The molecule has 0 radical (unpaired) electrons. The van der Waals surface area contributed by atoms with Crippen LogP contribution < -0.4 is 0 Å². The fraction of sp³-hybridized carbons (Fsp3) is 0.333. The molecular formula is C18H22S2. The monoisotopic (exact) mass is 302 g/mol. The lowest BCUT2D eigenvalue weighted by atomic mass is 10.1. The molecule has 106 valence electrons. The molecule has 0 heterocycles. The molecule has 2 heteroatoms. The summed E-state index contributed by atoms with van der Waals surface area (Å²) in [7, 11) is 4.04. The number of rotatable bonds is 7. The van der Waals surface area contributed by atoms with Crippen LogP contribution in [0.25, 0.3) is 0 Å². The van der Waals surface area contributed by atoms with Crippen LogP contribution in [0.2, 0.25) is 0 Å². The summed E-state index contributed by atoms with van der Waals surface area (Å²) in [6, 6.07) is 21.7. The third kappa shape index (κ3) is 4.32. The van der Waals surface area contributed by atoms with E-state index in [1.54, 1.807) is 0 Å². The molecule has 0 aliphatic rings. The Kier molecular flexibility index (Phi) is 6.55. The summed E-state index contributed by atoms with van der Waals surface area (Å²) in [5.41, 5.74) is 2.88. The highest BCUT2D eigenvalue weighted by molar-refractivity contribution is 8.76. The summed E-state index contributed by atoms with van der Waals surface area (Å²) in [6.45, 7) is 4.55. The van der Waals surface area contributed by atoms with Crippen LogP contribution in [0.4, 0.5) is 0 Å². The molecule has 20 heavy (non-hydrogen) atoms. The van der Waals surface area contributed by atoms with E-state index in [1.165, 1.54) is 24.0 Å². The summed E-state index contributed by atoms with van der Waals surface area (Å²) < 4.78 is 0. The normalized spacial score (nSPS) is 13.9. The van der Waals surface area contributed by atoms with Crippen LogP contribution in [0, 0.1) is 0 Å². The van der Waals surface area contributed by atoms with E-state index in [0.717, 1.165) is 0 Å². The molecule has 2 rings (SSSR count). The first-order valence-corrected chi connectivity index (χ1v) is 9.54. The molecule has 0 aliphatic heterocycles. The smallest absolute Gasteiger partial charge is 0.0398 e. The summed E-state index contributed by atoms with van der Waals surface area (Å²) in [5.74, 6) is 0. The van der Waals surface area contributed by atoms with E-state index in [0.29, 0.717) is 10.5 Å². The molecule has 0 saturated carbocycles. The highest BCUT2D eigenvalue weighted by Gasteiger charge is 2.15. The van der Waals surface area contributed by atoms with Crippen molar-refractivity contribution in [1.82, 2.24) is 0 Å². The van der Waals surface area contributed by atoms with Crippen molar-refractivity contribution in [3.63, 3.8) is 0 Å². The van der Waals surface area contributed by atoms with E-state index >= 15 is 0 Å². The molecule has 0 amide bonds. The minimum absolute atomic E-state index is 0.582. The lowest BCUT2D eigenvalue weighted by Gasteiger charge is -2.19. The molecule has 0 nitrogen and oxygen atoms in total. The van der Waals surface area contributed by atoms with Gasteiger partial charge in [0.05, 0.1) is 0 Å². The van der Waals surface area contributed by atoms with Crippen LogP contribution >= 0.6 is 21.6 Å². The first kappa shape index (κ1) is 15.5. The van der Waals surface area contributed by atoms with Crippen LogP contribution in [0.15, 0.2) is 60.7 Å². The largest absolute Gasteiger partial charge is 0.0853 e. The second-order valence-electron chi connectivity index (χ2n) is 4.81. The van der Waals surface area contributed by atoms with Gasteiger partial charge < -0.3 is 0 Å². The maximum absolute atomic E-state index is 2.27. The van der Waals surface area contributed by atoms with Gasteiger partial charge in [-0.1, -0.05) is 96.1 Å². The van der Waals surface area contributed by atoms with Crippen molar-refractivity contribution in [3.8, 4) is 0 Å². The van der Waals surface area contributed by atoms with Crippen molar-refractivity contribution in [2.24, 2.45) is 0 Å². The second kappa shape index (κ2) is 8.43. The minimum Gasteiger partial charge on any atom is -0.0853 e. The molecule has 0 spiro atoms. The first-order chi connectivity index (χ1) is 9.85. The van der Waals surface area contributed by atoms with Crippen molar-refractivity contribution in [2.45, 2.75) is 37.2 Å². The Labute approximate surface area is 130 Å². The van der Waals surface area contributed by atoms with Crippen LogP contribution in [-0.4, -0.2) is 0 Å². The van der Waals surface area contributed by atoms with E-state index in [-0.39, 0.29) is 0 Å². The van der Waals surface area contributed by atoms with E-state index in [1.807, 2.05) is 21.6 Å². The predicted octanol–water partition coefficient (Wildman–Crippen LogP) is 6.67. The van der Waals surface area contributed by atoms with Gasteiger partial charge in [-0.15, -0.1) is 0 Å². The van der Waals surface area contributed by atoms with Crippen LogP contribution in [0.5, 0.6) is 0 Å². The molecule has 0 fully saturated rings. The fourth-order valence-corrected chi connectivity index (χ4v) is 5.55. The van der Waals surface area contributed by atoms with Crippen LogP contribution in [0.3, 0.4) is 0 Å². The number of hydrogen-bond acceptors (Lipinski definition) is 2. The van der Waals surface area contributed by atoms with E-state index < -0.39 is 0 Å². The Morgan fingerprint density at radius 1 is 0.650 bits per heavy atom. The average molecular weight is 303 g/mol. The quantitative estimate of drug-likeness (QED) is 0.524. The maximum atomic E-state index is 2.27. The van der Waals surface area contributed by atoms with Gasteiger partial charge in [0.15, 0.2) is 0 Å². The molecule has 2 atom stereocenters. The Morgan fingerprint density at radius 3 is 1.30 bits per heavy atom. The third-order valence-electron chi connectivity index (χ3n) is 3.37. The fourth-order valence-electron chi connectivity index (χ4n) is 2.19. The zero-order chi connectivity index (χ0) is 14.2. The number of benzene rings is 2. The number of hydrogen-bond donors (Lipinski definition) is 0. The average Bonchev–Trinajstić information content (AvgIpc) is 2.53. The van der Waals surface area contributed by atoms with Gasteiger partial charge in [0.1, 0.15) is 0 Å². The Morgan fingerprint density at radius 2 is 1.00 bits per heavy atom. The SMILES string of the molecule is CC[C@@H](SS[C@H](CC)c1ccccc1)c1ccccc1. The zero-order valence-electron chi connectivity index (χ0n) is 12.2. The second-order valence-corrected chi connectivity index (χ2v) is 7.49. The van der Waals surface area contributed by atoms with Crippen molar-refractivity contribution in [2.75, 3.05) is 0 Å². The maximum Gasteiger partial charge on any atom is 0.0398 e. The molecule has 0 aromatic heterocycles. The van der Waals surface area contributed by atoms with Gasteiger partial charge >= 0.3 is 0 Å². The summed E-state index contributed by atoms with van der Waals surface area (Å²) in [5, 5.41) is 1.16. The standard InChI is InChI=1S/C18H22S2/c1-3-17(15-11-7-5-8-12-15)19-20-18(4-2)16-13-9-6-10-14-16/h5-14,17-18H,3-4H2,1-2H3/t17-,18-/m1/s1. The van der Waals surface area contributed by atoms with Gasteiger partial charge in [-0.25, -0.2) is 0 Å². The van der Waals surface area contributed by atoms with E-state index in [4.69, 9.17) is 0 Å². The van der Waals surface area contributed by atoms with Gasteiger partial charge in [0, 0.05) is 10.5 Å². The predicted molar refractivity (Wildman–Crippen MR) is 94.1 cm³/mol. The minimum atomic E-state index is 0.582. The Balaban J connectivity index is 1.99. The van der Waals surface area contributed by atoms with Gasteiger partial charge in [-0.05, 0) is 24.0 Å². The Bertz CT molecular complexity index is 434. The van der Waals surface area contributed by atoms with Crippen LogP contribution in [-0.2, 0) is 0 Å². The van der Waals surface area contributed by atoms with Crippen molar-refractivity contribution in [1.29, 1.82) is 0 Å². The van der Waals surface area contributed by atoms with Gasteiger partial charge in [-0.2, -0.15) is 0 Å². The molecule has 0 N–H and O–H groups in total. The summed E-state index contributed by atoms with van der Waals surface area (Å²) in [4.78, 5) is 0. The van der Waals surface area contributed by atoms with Gasteiger partial charge in [0.25, 0.3) is 0 Å². The summed E-state index contributed by atoms with van der Waals surface area (Å²) >= 11 is 0. The molecule has 0 bridgehead atoms. The zero-order valence-corrected chi connectivity index (χ0v) is 13.8. The molecule has 2 aromatic carbocycles. The lowest BCUT2D eigenvalue weighted by Crippen LogP contribution is -1.93. The van der Waals surface area contributed by atoms with Crippen molar-refractivity contribution in [3.05, 3.63) is 71.8 Å². The molecule has 0 saturated heterocycles. The highest BCUT2D eigenvalue weighted by Crippen LogP contribution is 2.48. The highest BCUT2D eigenvalue weighted by atomic mass is 33.1. The lowest BCUT2D eigenvalue weighted by molar-refractivity contribution is 0.893. The van der Waals surface area contributed by atoms with Crippen LogP contribution in [0.1, 0.15) is 48.3 Å². The third-order valence-corrected chi connectivity index (χ3v) is 6.89. The van der Waals surface area contributed by atoms with Crippen molar-refractivity contribution < 1.29 is 0 Å². The first-order valence-electron chi connectivity index (χ1n) is 7.27. The molecular weight excluding hydrogens is 280 g/mol. The van der Waals surface area contributed by atoms with Gasteiger partial charge in [-0.3, -0.25) is 0 Å².